The molecule has 1 aromatic rings. The van der Waals surface area contributed by atoms with Crippen LogP contribution in [0.15, 0.2) is 18.2 Å². The van der Waals surface area contributed by atoms with Crippen molar-refractivity contribution in [1.82, 2.24) is 5.32 Å². The summed E-state index contributed by atoms with van der Waals surface area (Å²) in [5, 5.41) is 5.46. The van der Waals surface area contributed by atoms with E-state index in [0.29, 0.717) is 18.8 Å². The molecule has 9 heteroatoms. The van der Waals surface area contributed by atoms with Crippen molar-refractivity contribution in [2.24, 2.45) is 0 Å². The molecule has 1 aromatic carbocycles. The second-order valence-electron chi connectivity index (χ2n) is 6.28. The van der Waals surface area contributed by atoms with Crippen LogP contribution in [0.2, 0.25) is 0 Å². The van der Waals surface area contributed by atoms with Crippen molar-refractivity contribution in [1.29, 1.82) is 0 Å². The molecule has 1 aliphatic heterocycles. The molecule has 142 valence electrons. The summed E-state index contributed by atoms with van der Waals surface area (Å²) in [4.78, 5) is 12.6. The molecule has 25 heavy (non-hydrogen) atoms. The lowest BCUT2D eigenvalue weighted by Gasteiger charge is -2.34. The molecule has 0 saturated carbocycles. The minimum Gasteiger partial charge on any atom is -0.491 e. The van der Waals surface area contributed by atoms with Gasteiger partial charge in [-0.05, 0) is 51.9 Å². The van der Waals surface area contributed by atoms with Crippen molar-refractivity contribution in [3.05, 3.63) is 24.0 Å². The van der Waals surface area contributed by atoms with E-state index in [9.17, 15) is 17.6 Å². The third-order valence-electron chi connectivity index (χ3n) is 4.10. The van der Waals surface area contributed by atoms with Crippen LogP contribution >= 0.6 is 12.4 Å². The highest BCUT2D eigenvalue weighted by molar-refractivity contribution is 7.92. The van der Waals surface area contributed by atoms with E-state index in [-0.39, 0.29) is 37.0 Å². The fourth-order valence-corrected chi connectivity index (χ4v) is 4.11. The molecule has 1 saturated heterocycles. The Morgan fingerprint density at radius 3 is 2.40 bits per heavy atom. The Morgan fingerprint density at radius 1 is 1.32 bits per heavy atom. The van der Waals surface area contributed by atoms with Crippen molar-refractivity contribution in [3.8, 4) is 5.75 Å². The van der Waals surface area contributed by atoms with Gasteiger partial charge in [-0.1, -0.05) is 0 Å². The van der Waals surface area contributed by atoms with Crippen LogP contribution in [0.5, 0.6) is 5.75 Å². The monoisotopic (exact) mass is 394 g/mol. The molecule has 0 spiro atoms. The quantitative estimate of drug-likeness (QED) is 0.799. The molecular formula is C16H24ClFN2O4S. The molecule has 1 fully saturated rings. The van der Waals surface area contributed by atoms with Crippen LogP contribution in [-0.2, 0) is 14.6 Å². The van der Waals surface area contributed by atoms with Crippen LogP contribution in [0.1, 0.15) is 26.7 Å². The van der Waals surface area contributed by atoms with Gasteiger partial charge in [0.1, 0.15) is 11.6 Å². The van der Waals surface area contributed by atoms with E-state index >= 15 is 0 Å². The fraction of sp³-hybridized carbons (Fsp3) is 0.562. The smallest absolute Gasteiger partial charge is 0.246 e. The Labute approximate surface area is 153 Å². The van der Waals surface area contributed by atoms with Gasteiger partial charge < -0.3 is 15.4 Å². The van der Waals surface area contributed by atoms with E-state index in [1.165, 1.54) is 18.2 Å². The highest BCUT2D eigenvalue weighted by atomic mass is 35.5. The van der Waals surface area contributed by atoms with Gasteiger partial charge in [0.25, 0.3) is 0 Å². The molecule has 1 aliphatic rings. The van der Waals surface area contributed by atoms with E-state index in [4.69, 9.17) is 4.74 Å². The third kappa shape index (κ3) is 4.83. The van der Waals surface area contributed by atoms with Gasteiger partial charge >= 0.3 is 0 Å². The summed E-state index contributed by atoms with van der Waals surface area (Å²) in [7, 11) is -3.64. The van der Waals surface area contributed by atoms with Gasteiger partial charge in [0, 0.05) is 12.3 Å². The molecule has 1 heterocycles. The lowest BCUT2D eigenvalue weighted by atomic mass is 9.95. The normalized spacial score (nSPS) is 16.8. The van der Waals surface area contributed by atoms with E-state index < -0.39 is 26.3 Å². The van der Waals surface area contributed by atoms with Gasteiger partial charge in [0.05, 0.1) is 11.8 Å². The molecule has 0 bridgehead atoms. The Balaban J connectivity index is 0.00000312. The molecule has 6 nitrogen and oxygen atoms in total. The summed E-state index contributed by atoms with van der Waals surface area (Å²) in [5.41, 5.74) is -0.0577. The lowest BCUT2D eigenvalue weighted by Crippen LogP contribution is -2.55. The van der Waals surface area contributed by atoms with Crippen molar-refractivity contribution >= 4 is 33.8 Å². The third-order valence-corrected chi connectivity index (χ3v) is 6.11. The number of nitrogens with one attached hydrogen (secondary N) is 2. The number of benzene rings is 1. The molecule has 1 amide bonds. The maximum absolute atomic E-state index is 14.2. The fourth-order valence-electron chi connectivity index (χ4n) is 2.78. The van der Waals surface area contributed by atoms with Crippen LogP contribution < -0.4 is 15.4 Å². The van der Waals surface area contributed by atoms with Crippen LogP contribution in [0.3, 0.4) is 0 Å². The molecule has 2 rings (SSSR count). The molecule has 2 N–H and O–H groups in total. The number of hydrogen-bond acceptors (Lipinski definition) is 5. The first-order valence-corrected chi connectivity index (χ1v) is 9.73. The maximum Gasteiger partial charge on any atom is 0.246 e. The number of carbonyl (C=O) groups is 1. The summed E-state index contributed by atoms with van der Waals surface area (Å²) in [6.45, 7) is 4.48. The first-order valence-electron chi connectivity index (χ1n) is 7.84. The Kier molecular flexibility index (Phi) is 7.22. The molecule has 0 atom stereocenters. The Hall–Kier alpha value is -1.38. The highest BCUT2D eigenvalue weighted by Crippen LogP contribution is 2.30. The summed E-state index contributed by atoms with van der Waals surface area (Å²) < 4.78 is 42.4. The van der Waals surface area contributed by atoms with Crippen molar-refractivity contribution in [3.63, 3.8) is 0 Å². The predicted octanol–water partition coefficient (Wildman–Crippen LogP) is 2.14. The van der Waals surface area contributed by atoms with Gasteiger partial charge in [-0.25, -0.2) is 12.8 Å². The summed E-state index contributed by atoms with van der Waals surface area (Å²) >= 11 is 0. The van der Waals surface area contributed by atoms with E-state index in [1.54, 1.807) is 0 Å². The van der Waals surface area contributed by atoms with E-state index in [2.05, 4.69) is 10.6 Å². The molecule has 0 aromatic heterocycles. The molecule has 0 aliphatic carbocycles. The minimum absolute atomic E-state index is 0. The molecule has 0 radical (unpaired) electrons. The number of rotatable bonds is 5. The van der Waals surface area contributed by atoms with Crippen molar-refractivity contribution in [2.45, 2.75) is 37.5 Å². The first kappa shape index (κ1) is 21.7. The number of ether oxygens (including phenoxy) is 1. The zero-order chi connectivity index (χ0) is 18.0. The molecule has 0 unspecified atom stereocenters. The van der Waals surface area contributed by atoms with E-state index in [1.807, 2.05) is 13.8 Å². The van der Waals surface area contributed by atoms with Gasteiger partial charge in [-0.3, -0.25) is 4.79 Å². The van der Waals surface area contributed by atoms with Gasteiger partial charge in [-0.15, -0.1) is 12.4 Å². The maximum atomic E-state index is 14.2. The van der Waals surface area contributed by atoms with Gasteiger partial charge in [-0.2, -0.15) is 0 Å². The van der Waals surface area contributed by atoms with Gasteiger partial charge in [0.15, 0.2) is 14.6 Å². The topological polar surface area (TPSA) is 84.5 Å². The lowest BCUT2D eigenvalue weighted by molar-refractivity contribution is -0.119. The van der Waals surface area contributed by atoms with Crippen molar-refractivity contribution < 1.29 is 22.3 Å². The summed E-state index contributed by atoms with van der Waals surface area (Å²) in [6.07, 6.45) is 1.27. The second-order valence-corrected chi connectivity index (χ2v) is 8.60. The predicted molar refractivity (Wildman–Crippen MR) is 97.7 cm³/mol. The second kappa shape index (κ2) is 8.33. The SMILES string of the molecule is CC(C)Oc1ccc(NC(=O)C2(S(C)(=O)=O)CCNCC2)c(F)c1.Cl. The van der Waals surface area contributed by atoms with Gasteiger partial charge in [0.2, 0.25) is 5.91 Å². The minimum atomic E-state index is -3.64. The number of carbonyl (C=O) groups excluding carboxylic acids is 1. The van der Waals surface area contributed by atoms with Crippen LogP contribution in [0, 0.1) is 5.82 Å². The van der Waals surface area contributed by atoms with Crippen LogP contribution in [0.25, 0.3) is 0 Å². The zero-order valence-corrected chi connectivity index (χ0v) is 16.1. The Bertz CT molecular complexity index is 719. The van der Waals surface area contributed by atoms with Crippen LogP contribution in [-0.4, -0.2) is 44.5 Å². The number of hydrogen-bond donors (Lipinski definition) is 2. The number of sulfone groups is 1. The Morgan fingerprint density at radius 2 is 1.92 bits per heavy atom. The average Bonchev–Trinajstić information content (AvgIpc) is 2.49. The largest absolute Gasteiger partial charge is 0.491 e. The number of amides is 1. The van der Waals surface area contributed by atoms with Crippen LogP contribution in [0.4, 0.5) is 10.1 Å². The van der Waals surface area contributed by atoms with E-state index in [0.717, 1.165) is 6.26 Å². The summed E-state index contributed by atoms with van der Waals surface area (Å²) in [5.74, 6) is -1.01. The van der Waals surface area contributed by atoms with Crippen molar-refractivity contribution in [2.75, 3.05) is 24.7 Å². The average molecular weight is 395 g/mol. The highest BCUT2D eigenvalue weighted by Gasteiger charge is 2.48. The number of piperidine rings is 1. The number of halogens is 2. The summed E-state index contributed by atoms with van der Waals surface area (Å²) in [6, 6.07) is 4.08. The molecular weight excluding hydrogens is 371 g/mol. The first-order chi connectivity index (χ1) is 11.2. The standard InChI is InChI=1S/C16H23FN2O4S.ClH/c1-11(2)23-12-4-5-14(13(17)10-12)19-15(20)16(24(3,21)22)6-8-18-9-7-16;/h4-5,10-11,18H,6-9H2,1-3H3,(H,19,20);1H. The number of anilines is 1. The zero-order valence-electron chi connectivity index (χ0n) is 14.5.